The maximum atomic E-state index is 13.0. The van der Waals surface area contributed by atoms with Crippen molar-refractivity contribution in [3.8, 4) is 11.1 Å². The van der Waals surface area contributed by atoms with Gasteiger partial charge in [-0.05, 0) is 65.9 Å². The molecule has 3 aromatic rings. The summed E-state index contributed by atoms with van der Waals surface area (Å²) in [6.07, 6.45) is 7.70. The SMILES string of the molecule is O=C(C=Cc1ccn(S(=O)(=O)c2ccc(-c3cccc(C(=O)O)c3)cc2)c1)NOC1CCCCO1. The van der Waals surface area contributed by atoms with E-state index in [4.69, 9.17) is 14.7 Å². The molecule has 1 fully saturated rings. The lowest BCUT2D eigenvalue weighted by Gasteiger charge is -2.21. The maximum absolute atomic E-state index is 13.0. The monoisotopic (exact) mass is 496 g/mol. The lowest BCUT2D eigenvalue weighted by atomic mass is 10.0. The Morgan fingerprint density at radius 1 is 1.09 bits per heavy atom. The van der Waals surface area contributed by atoms with Crippen molar-refractivity contribution >= 4 is 28.0 Å². The molecule has 0 radical (unpaired) electrons. The molecule has 10 heteroatoms. The highest BCUT2D eigenvalue weighted by Gasteiger charge is 2.17. The minimum Gasteiger partial charge on any atom is -0.478 e. The summed E-state index contributed by atoms with van der Waals surface area (Å²) in [5.41, 5.74) is 4.32. The van der Waals surface area contributed by atoms with Gasteiger partial charge in [-0.2, -0.15) is 0 Å². The van der Waals surface area contributed by atoms with E-state index in [0.29, 0.717) is 29.7 Å². The fourth-order valence-corrected chi connectivity index (χ4v) is 4.75. The predicted octanol–water partition coefficient (Wildman–Crippen LogP) is 3.68. The topological polar surface area (TPSA) is 124 Å². The molecule has 9 nitrogen and oxygen atoms in total. The van der Waals surface area contributed by atoms with E-state index in [-0.39, 0.29) is 10.5 Å². The molecule has 0 spiro atoms. The zero-order valence-electron chi connectivity index (χ0n) is 18.7. The number of carbonyl (C=O) groups excluding carboxylic acids is 1. The smallest absolute Gasteiger partial charge is 0.335 e. The summed E-state index contributed by atoms with van der Waals surface area (Å²) in [4.78, 5) is 28.4. The van der Waals surface area contributed by atoms with Crippen LogP contribution in [0.4, 0.5) is 0 Å². The highest BCUT2D eigenvalue weighted by Crippen LogP contribution is 2.24. The molecule has 1 unspecified atom stereocenters. The molecule has 182 valence electrons. The summed E-state index contributed by atoms with van der Waals surface area (Å²) in [5.74, 6) is -1.52. The Labute approximate surface area is 202 Å². The van der Waals surface area contributed by atoms with Gasteiger partial charge in [0.05, 0.1) is 10.5 Å². The maximum Gasteiger partial charge on any atom is 0.335 e. The second-order valence-electron chi connectivity index (χ2n) is 7.90. The molecule has 2 N–H and O–H groups in total. The molecule has 0 bridgehead atoms. The van der Waals surface area contributed by atoms with Gasteiger partial charge in [0.1, 0.15) is 0 Å². The number of aromatic carboxylic acids is 1. The number of benzene rings is 2. The van der Waals surface area contributed by atoms with E-state index in [1.54, 1.807) is 30.3 Å². The van der Waals surface area contributed by atoms with Gasteiger partial charge in [-0.15, -0.1) is 0 Å². The Kier molecular flexibility index (Phi) is 7.45. The fourth-order valence-electron chi connectivity index (χ4n) is 3.55. The van der Waals surface area contributed by atoms with Crippen LogP contribution in [-0.2, 0) is 24.4 Å². The van der Waals surface area contributed by atoms with Gasteiger partial charge in [0.2, 0.25) is 0 Å². The number of hydrogen-bond acceptors (Lipinski definition) is 6. The molecule has 1 aliphatic rings. The average molecular weight is 497 g/mol. The Morgan fingerprint density at radius 2 is 1.89 bits per heavy atom. The van der Waals surface area contributed by atoms with E-state index in [2.05, 4.69) is 5.48 Å². The van der Waals surface area contributed by atoms with Crippen molar-refractivity contribution in [3.05, 3.63) is 84.2 Å². The Hall–Kier alpha value is -3.73. The Bertz CT molecular complexity index is 1340. The van der Waals surface area contributed by atoms with Crippen LogP contribution in [-0.4, -0.2) is 42.3 Å². The van der Waals surface area contributed by atoms with Gasteiger partial charge in [-0.1, -0.05) is 24.3 Å². The third-order valence-corrected chi connectivity index (χ3v) is 7.07. The predicted molar refractivity (Wildman–Crippen MR) is 128 cm³/mol. The van der Waals surface area contributed by atoms with Crippen LogP contribution in [0.5, 0.6) is 0 Å². The number of hydroxylamine groups is 1. The normalized spacial score (nSPS) is 16.3. The standard InChI is InChI=1S/C25H24N2O7S/c28-23(26-34-24-6-1-2-15-33-24)12-7-18-13-14-27(17-18)35(31,32)22-10-8-19(9-11-22)20-4-3-5-21(16-20)25(29)30/h3-5,7-14,16-17,24H,1-2,6,15H2,(H,26,28)(H,29,30). The molecule has 1 saturated heterocycles. The minimum absolute atomic E-state index is 0.0698. The fraction of sp³-hybridized carbons (Fsp3) is 0.200. The van der Waals surface area contributed by atoms with Crippen molar-refractivity contribution in [1.82, 2.24) is 9.45 Å². The first-order valence-corrected chi connectivity index (χ1v) is 12.4. The van der Waals surface area contributed by atoms with Crippen molar-refractivity contribution in [2.45, 2.75) is 30.4 Å². The van der Waals surface area contributed by atoms with Gasteiger partial charge in [-0.3, -0.25) is 4.79 Å². The van der Waals surface area contributed by atoms with Crippen LogP contribution in [0.25, 0.3) is 17.2 Å². The van der Waals surface area contributed by atoms with Crippen LogP contribution in [0.1, 0.15) is 35.2 Å². The molecule has 0 aliphatic carbocycles. The number of rotatable bonds is 8. The third kappa shape index (κ3) is 6.04. The number of carboxylic acids is 1. The van der Waals surface area contributed by atoms with Crippen LogP contribution in [0.3, 0.4) is 0 Å². The first-order chi connectivity index (χ1) is 16.8. The van der Waals surface area contributed by atoms with Gasteiger partial charge in [0.25, 0.3) is 15.9 Å². The first kappa shape index (κ1) is 24.4. The summed E-state index contributed by atoms with van der Waals surface area (Å²) >= 11 is 0. The molecule has 1 aromatic heterocycles. The summed E-state index contributed by atoms with van der Waals surface area (Å²) < 4.78 is 32.4. The number of nitrogens with one attached hydrogen (secondary N) is 1. The molecule has 1 amide bonds. The number of carbonyl (C=O) groups is 2. The van der Waals surface area contributed by atoms with E-state index >= 15 is 0 Å². The largest absolute Gasteiger partial charge is 0.478 e. The number of ether oxygens (including phenoxy) is 1. The highest BCUT2D eigenvalue weighted by molar-refractivity contribution is 7.90. The van der Waals surface area contributed by atoms with E-state index < -0.39 is 28.2 Å². The van der Waals surface area contributed by atoms with Gasteiger partial charge in [0.15, 0.2) is 6.29 Å². The number of carboxylic acid groups (broad SMARTS) is 1. The first-order valence-electron chi connectivity index (χ1n) is 11.0. The number of aromatic nitrogens is 1. The molecular formula is C25H24N2O7S. The summed E-state index contributed by atoms with van der Waals surface area (Å²) in [6.45, 7) is 0.596. The number of amides is 1. The van der Waals surface area contributed by atoms with Crippen LogP contribution >= 0.6 is 0 Å². The molecule has 1 atom stereocenters. The van der Waals surface area contributed by atoms with Crippen molar-refractivity contribution < 1.29 is 32.7 Å². The van der Waals surface area contributed by atoms with Crippen molar-refractivity contribution in [2.24, 2.45) is 0 Å². The summed E-state index contributed by atoms with van der Waals surface area (Å²) in [6, 6.07) is 14.1. The second-order valence-corrected chi connectivity index (χ2v) is 9.75. The lowest BCUT2D eigenvalue weighted by molar-refractivity contribution is -0.198. The zero-order chi connectivity index (χ0) is 24.8. The van der Waals surface area contributed by atoms with Gasteiger partial charge >= 0.3 is 5.97 Å². The van der Waals surface area contributed by atoms with Gasteiger partial charge in [0, 0.05) is 31.5 Å². The Balaban J connectivity index is 1.41. The summed E-state index contributed by atoms with van der Waals surface area (Å²) in [7, 11) is -3.86. The Morgan fingerprint density at radius 3 is 2.60 bits per heavy atom. The molecule has 1 aliphatic heterocycles. The molecule has 2 aromatic carbocycles. The van der Waals surface area contributed by atoms with Crippen molar-refractivity contribution in [1.29, 1.82) is 0 Å². The van der Waals surface area contributed by atoms with Gasteiger partial charge < -0.3 is 9.84 Å². The highest BCUT2D eigenvalue weighted by atomic mass is 32.2. The quantitative estimate of drug-likeness (QED) is 0.360. The molecule has 2 heterocycles. The van der Waals surface area contributed by atoms with Gasteiger partial charge in [-0.25, -0.2) is 27.5 Å². The average Bonchev–Trinajstić information content (AvgIpc) is 3.37. The molecule has 0 saturated carbocycles. The molecular weight excluding hydrogens is 472 g/mol. The number of nitrogens with zero attached hydrogens (tertiary/aromatic N) is 1. The van der Waals surface area contributed by atoms with Crippen LogP contribution < -0.4 is 5.48 Å². The minimum atomic E-state index is -3.86. The van der Waals surface area contributed by atoms with Crippen molar-refractivity contribution in [3.63, 3.8) is 0 Å². The van der Waals surface area contributed by atoms with Crippen LogP contribution in [0.2, 0.25) is 0 Å². The van der Waals surface area contributed by atoms with E-state index in [1.165, 1.54) is 48.8 Å². The third-order valence-electron chi connectivity index (χ3n) is 5.42. The summed E-state index contributed by atoms with van der Waals surface area (Å²) in [5, 5.41) is 9.16. The van der Waals surface area contributed by atoms with Crippen LogP contribution in [0, 0.1) is 0 Å². The molecule has 4 rings (SSSR count). The second kappa shape index (κ2) is 10.7. The number of hydrogen-bond donors (Lipinski definition) is 2. The van der Waals surface area contributed by atoms with Crippen molar-refractivity contribution in [2.75, 3.05) is 6.61 Å². The van der Waals surface area contributed by atoms with E-state index in [1.807, 2.05) is 0 Å². The zero-order valence-corrected chi connectivity index (χ0v) is 19.5. The molecule has 35 heavy (non-hydrogen) atoms. The lowest BCUT2D eigenvalue weighted by Crippen LogP contribution is -2.32. The van der Waals surface area contributed by atoms with E-state index in [0.717, 1.165) is 16.8 Å². The van der Waals surface area contributed by atoms with E-state index in [9.17, 15) is 18.0 Å². The van der Waals surface area contributed by atoms with Crippen LogP contribution in [0.15, 0.2) is 78.0 Å².